The molecule has 1 heterocycles. The molecule has 228 valence electrons. The van der Waals surface area contributed by atoms with Crippen LogP contribution in [0.3, 0.4) is 0 Å². The minimum atomic E-state index is -0.704. The fourth-order valence-electron chi connectivity index (χ4n) is 10.5. The third-order valence-electron chi connectivity index (χ3n) is 12.8. The van der Waals surface area contributed by atoms with Gasteiger partial charge in [-0.05, 0) is 124 Å². The monoisotopic (exact) mass is 570 g/mol. The predicted octanol–water partition coefficient (Wildman–Crippen LogP) is 4.87. The van der Waals surface area contributed by atoms with E-state index in [1.54, 1.807) is 6.26 Å². The lowest BCUT2D eigenvalue weighted by atomic mass is 9.43. The van der Waals surface area contributed by atoms with Gasteiger partial charge < -0.3 is 30.0 Å². The molecule has 8 heteroatoms. The summed E-state index contributed by atoms with van der Waals surface area (Å²) in [6.45, 7) is 5.52. The van der Waals surface area contributed by atoms with Gasteiger partial charge >= 0.3 is 11.7 Å². The Kier molecular flexibility index (Phi) is 8.05. The summed E-state index contributed by atoms with van der Waals surface area (Å²) < 4.78 is 11.2. The van der Waals surface area contributed by atoms with Gasteiger partial charge in [0.2, 0.25) is 0 Å². The number of aliphatic hydroxyl groups excluding tert-OH is 1. The first-order valence-electron chi connectivity index (χ1n) is 16.3. The summed E-state index contributed by atoms with van der Waals surface area (Å²) in [5.74, 6) is 1.48. The molecule has 0 radical (unpaired) electrons. The van der Waals surface area contributed by atoms with Gasteiger partial charge in [-0.15, -0.1) is 0 Å². The molecule has 0 aliphatic heterocycles. The number of alkyl carbamates (subject to hydrolysis) is 1. The van der Waals surface area contributed by atoms with Crippen LogP contribution < -0.4 is 16.3 Å². The molecule has 0 unspecified atom stereocenters. The van der Waals surface area contributed by atoms with Crippen molar-refractivity contribution in [2.24, 2.45) is 28.6 Å². The molecule has 6 rings (SSSR count). The Morgan fingerprint density at radius 3 is 2.49 bits per heavy atom. The van der Waals surface area contributed by atoms with Crippen molar-refractivity contribution in [2.45, 2.75) is 127 Å². The van der Waals surface area contributed by atoms with Crippen LogP contribution in [0.25, 0.3) is 0 Å². The largest absolute Gasteiger partial charge is 0.446 e. The molecule has 5 fully saturated rings. The summed E-state index contributed by atoms with van der Waals surface area (Å²) in [5.41, 5.74) is -0.0415. The van der Waals surface area contributed by atoms with E-state index in [1.807, 2.05) is 6.07 Å². The maximum Gasteiger partial charge on any atom is 0.407 e. The first-order valence-corrected chi connectivity index (χ1v) is 16.3. The molecular formula is C33H50N2O6. The fourth-order valence-corrected chi connectivity index (χ4v) is 10.5. The molecule has 0 aromatic carbocycles. The van der Waals surface area contributed by atoms with E-state index < -0.39 is 5.60 Å². The van der Waals surface area contributed by atoms with Gasteiger partial charge in [0.25, 0.3) is 0 Å². The second kappa shape index (κ2) is 11.3. The highest BCUT2D eigenvalue weighted by molar-refractivity contribution is 5.67. The normalized spacial score (nSPS) is 43.9. The Hall–Kier alpha value is -1.90. The van der Waals surface area contributed by atoms with Crippen molar-refractivity contribution >= 4 is 6.09 Å². The average Bonchev–Trinajstić information content (AvgIpc) is 3.24. The smallest absolute Gasteiger partial charge is 0.407 e. The SMILES string of the molecule is C[C@]12CC[C@H](OC(=O)NC3CCC(NCCO)CC3)C[C@H]1CC[C@@H]1[C@@H]2CC[C@]2(C)[C@@H](c3ccc(=O)oc3)CC[C@]12O. The van der Waals surface area contributed by atoms with E-state index in [9.17, 15) is 14.7 Å². The van der Waals surface area contributed by atoms with Crippen molar-refractivity contribution in [3.05, 3.63) is 34.4 Å². The van der Waals surface area contributed by atoms with Gasteiger partial charge in [-0.2, -0.15) is 0 Å². The standard InChI is InChI=1S/C33H50N2O6/c1-31-14-11-25(41-30(38)35-24-7-5-23(6-8-24)34-17-18-36)19-22(31)4-9-28-27(31)12-15-32(2)26(13-16-33(28,32)39)21-3-10-29(37)40-20-21/h3,10,20,22-28,34,36,39H,4-9,11-19H2,1-2H3,(H,35,38)/t22-,23?,24?,25+,26-,27+,28-,31+,32-,33+/m1/s1. The van der Waals surface area contributed by atoms with Crippen LogP contribution >= 0.6 is 0 Å². The summed E-state index contributed by atoms with van der Waals surface area (Å²) in [7, 11) is 0. The molecule has 5 aliphatic rings. The first-order chi connectivity index (χ1) is 19.7. The zero-order chi connectivity index (χ0) is 28.8. The predicted molar refractivity (Wildman–Crippen MR) is 155 cm³/mol. The van der Waals surface area contributed by atoms with Gasteiger partial charge in [0.1, 0.15) is 6.10 Å². The van der Waals surface area contributed by atoms with E-state index in [4.69, 9.17) is 14.3 Å². The van der Waals surface area contributed by atoms with Gasteiger partial charge in [0.15, 0.2) is 0 Å². The number of carbonyl (C=O) groups excluding carboxylic acids is 1. The second-order valence-corrected chi connectivity index (χ2v) is 14.5. The van der Waals surface area contributed by atoms with Crippen LogP contribution in [0.2, 0.25) is 0 Å². The number of ether oxygens (including phenoxy) is 1. The molecule has 0 spiro atoms. The lowest BCUT2D eigenvalue weighted by molar-refractivity contribution is -0.205. The Morgan fingerprint density at radius 1 is 0.976 bits per heavy atom. The zero-order valence-corrected chi connectivity index (χ0v) is 24.9. The maximum absolute atomic E-state index is 12.8. The lowest BCUT2D eigenvalue weighted by Gasteiger charge is -2.63. The van der Waals surface area contributed by atoms with Crippen molar-refractivity contribution in [1.29, 1.82) is 0 Å². The molecular weight excluding hydrogens is 520 g/mol. The summed E-state index contributed by atoms with van der Waals surface area (Å²) in [5, 5.41) is 28.0. The van der Waals surface area contributed by atoms with Crippen LogP contribution in [-0.2, 0) is 4.74 Å². The number of aliphatic hydroxyl groups is 2. The van der Waals surface area contributed by atoms with E-state index in [2.05, 4.69) is 24.5 Å². The van der Waals surface area contributed by atoms with Crippen LogP contribution in [0, 0.1) is 28.6 Å². The van der Waals surface area contributed by atoms with E-state index in [1.165, 1.54) is 6.07 Å². The van der Waals surface area contributed by atoms with Crippen molar-refractivity contribution < 1.29 is 24.2 Å². The highest BCUT2D eigenvalue weighted by Crippen LogP contribution is 2.70. The van der Waals surface area contributed by atoms with Crippen LogP contribution in [0.15, 0.2) is 27.6 Å². The number of nitrogens with one attached hydrogen (secondary N) is 2. The third kappa shape index (κ3) is 5.16. The van der Waals surface area contributed by atoms with E-state index in [-0.39, 0.29) is 53.1 Å². The Bertz CT molecular complexity index is 1130. The molecule has 4 N–H and O–H groups in total. The van der Waals surface area contributed by atoms with Gasteiger partial charge in [0.05, 0.1) is 18.5 Å². The fraction of sp³-hybridized carbons (Fsp3) is 0.818. The van der Waals surface area contributed by atoms with E-state index in [0.717, 1.165) is 89.0 Å². The lowest BCUT2D eigenvalue weighted by Crippen LogP contribution is -2.62. The van der Waals surface area contributed by atoms with Crippen LogP contribution in [-0.4, -0.2) is 53.2 Å². The summed E-state index contributed by atoms with van der Waals surface area (Å²) >= 11 is 0. The van der Waals surface area contributed by atoms with Gasteiger partial charge in [-0.25, -0.2) is 9.59 Å². The third-order valence-corrected chi connectivity index (χ3v) is 12.8. The van der Waals surface area contributed by atoms with Gasteiger partial charge in [-0.1, -0.05) is 13.8 Å². The van der Waals surface area contributed by atoms with Crippen LogP contribution in [0.1, 0.15) is 109 Å². The molecule has 8 nitrogen and oxygen atoms in total. The summed E-state index contributed by atoms with van der Waals surface area (Å²) in [4.78, 5) is 24.4. The first kappa shape index (κ1) is 29.2. The minimum Gasteiger partial charge on any atom is -0.446 e. The molecule has 5 saturated carbocycles. The van der Waals surface area contributed by atoms with E-state index in [0.29, 0.717) is 24.4 Å². The summed E-state index contributed by atoms with van der Waals surface area (Å²) in [6.07, 6.45) is 14.0. The molecule has 8 atom stereocenters. The van der Waals surface area contributed by atoms with Crippen molar-refractivity contribution in [1.82, 2.24) is 10.6 Å². The van der Waals surface area contributed by atoms with Crippen LogP contribution in [0.4, 0.5) is 4.79 Å². The second-order valence-electron chi connectivity index (χ2n) is 14.5. The molecule has 1 aromatic heterocycles. The van der Waals surface area contributed by atoms with Gasteiger partial charge in [-0.3, -0.25) is 0 Å². The van der Waals surface area contributed by atoms with E-state index >= 15 is 0 Å². The topological polar surface area (TPSA) is 121 Å². The molecule has 5 aliphatic carbocycles. The molecule has 1 amide bonds. The number of fused-ring (bicyclic) bond motifs is 5. The number of hydrogen-bond acceptors (Lipinski definition) is 7. The molecule has 0 saturated heterocycles. The molecule has 0 bridgehead atoms. The Morgan fingerprint density at radius 2 is 1.76 bits per heavy atom. The van der Waals surface area contributed by atoms with Crippen molar-refractivity contribution in [2.75, 3.05) is 13.2 Å². The summed E-state index contributed by atoms with van der Waals surface area (Å²) in [6, 6.07) is 4.00. The average molecular weight is 571 g/mol. The number of hydrogen-bond donors (Lipinski definition) is 4. The number of amides is 1. The van der Waals surface area contributed by atoms with Crippen molar-refractivity contribution in [3.8, 4) is 0 Å². The Balaban J connectivity index is 1.06. The minimum absolute atomic E-state index is 0.0345. The number of carbonyl (C=O) groups is 1. The van der Waals surface area contributed by atoms with Gasteiger partial charge in [0, 0.05) is 30.1 Å². The highest BCUT2D eigenvalue weighted by atomic mass is 16.6. The molecule has 1 aromatic rings. The van der Waals surface area contributed by atoms with Crippen LogP contribution in [0.5, 0.6) is 0 Å². The van der Waals surface area contributed by atoms with Crippen molar-refractivity contribution in [3.63, 3.8) is 0 Å². The Labute approximate surface area is 244 Å². The molecule has 41 heavy (non-hydrogen) atoms. The maximum atomic E-state index is 12.8. The quantitative estimate of drug-likeness (QED) is 0.385. The highest BCUT2D eigenvalue weighted by Gasteiger charge is 2.67. The zero-order valence-electron chi connectivity index (χ0n) is 24.9. The number of rotatable bonds is 6.